The largest absolute Gasteiger partial charge is 0.379 e. The van der Waals surface area contributed by atoms with Gasteiger partial charge >= 0.3 is 0 Å². The van der Waals surface area contributed by atoms with Gasteiger partial charge in [0.1, 0.15) is 0 Å². The number of rotatable bonds is 5. The first-order valence-electron chi connectivity index (χ1n) is 8.72. The molecule has 2 saturated heterocycles. The van der Waals surface area contributed by atoms with E-state index < -0.39 is 0 Å². The van der Waals surface area contributed by atoms with Crippen molar-refractivity contribution < 1.29 is 9.53 Å². The molecule has 0 bridgehead atoms. The minimum atomic E-state index is 0.150. The smallest absolute Gasteiger partial charge is 0.227 e. The summed E-state index contributed by atoms with van der Waals surface area (Å²) in [7, 11) is 0. The highest BCUT2D eigenvalue weighted by Crippen LogP contribution is 2.16. The topological polar surface area (TPSA) is 53.6 Å². The molecule has 0 radical (unpaired) electrons. The molecule has 1 aromatic rings. The molecule has 0 aliphatic carbocycles. The first kappa shape index (κ1) is 16.4. The van der Waals surface area contributed by atoms with E-state index in [1.54, 1.807) is 0 Å². The number of carbonyl (C=O) groups excluding carboxylic acids is 1. The van der Waals surface area contributed by atoms with Gasteiger partial charge in [0.25, 0.3) is 0 Å². The number of amides is 1. The number of nitrogens with one attached hydrogen (secondary N) is 2. The number of piperidine rings is 1. The van der Waals surface area contributed by atoms with Gasteiger partial charge in [0, 0.05) is 31.2 Å². The third-order valence-corrected chi connectivity index (χ3v) is 4.75. The van der Waals surface area contributed by atoms with Crippen LogP contribution < -0.4 is 10.6 Å². The average molecular weight is 317 g/mol. The molecule has 3 rings (SSSR count). The van der Waals surface area contributed by atoms with Gasteiger partial charge in [-0.05, 0) is 50.0 Å². The molecule has 2 fully saturated rings. The van der Waals surface area contributed by atoms with Gasteiger partial charge in [-0.2, -0.15) is 0 Å². The summed E-state index contributed by atoms with van der Waals surface area (Å²) in [6.07, 6.45) is 2.91. The second kappa shape index (κ2) is 8.43. The predicted octanol–water partition coefficient (Wildman–Crippen LogP) is 1.50. The second-order valence-electron chi connectivity index (χ2n) is 6.41. The summed E-state index contributed by atoms with van der Waals surface area (Å²) in [4.78, 5) is 14.7. The van der Waals surface area contributed by atoms with Crippen LogP contribution in [-0.4, -0.2) is 56.7 Å². The van der Waals surface area contributed by atoms with Crippen molar-refractivity contribution in [2.24, 2.45) is 5.92 Å². The Balaban J connectivity index is 1.45. The maximum absolute atomic E-state index is 12.2. The zero-order valence-corrected chi connectivity index (χ0v) is 13.7. The molecule has 2 aliphatic heterocycles. The first-order valence-corrected chi connectivity index (χ1v) is 8.72. The van der Waals surface area contributed by atoms with E-state index in [2.05, 4.69) is 27.7 Å². The number of carbonyl (C=O) groups is 1. The molecule has 0 saturated carbocycles. The van der Waals surface area contributed by atoms with E-state index in [1.165, 1.54) is 5.56 Å². The van der Waals surface area contributed by atoms with E-state index in [1.807, 2.05) is 12.1 Å². The lowest BCUT2D eigenvalue weighted by molar-refractivity contribution is -0.120. The van der Waals surface area contributed by atoms with E-state index in [9.17, 15) is 4.79 Å². The molecule has 5 nitrogen and oxygen atoms in total. The number of morpholine rings is 1. The molecule has 1 aromatic carbocycles. The number of nitrogens with zero attached hydrogens (tertiary/aromatic N) is 1. The fourth-order valence-electron chi connectivity index (χ4n) is 3.20. The number of ether oxygens (including phenoxy) is 1. The Labute approximate surface area is 138 Å². The molecular formula is C18H27N3O2. The summed E-state index contributed by atoms with van der Waals surface area (Å²) in [5.41, 5.74) is 2.22. The fourth-order valence-corrected chi connectivity index (χ4v) is 3.20. The van der Waals surface area contributed by atoms with E-state index in [4.69, 9.17) is 4.74 Å². The van der Waals surface area contributed by atoms with Crippen molar-refractivity contribution in [3.63, 3.8) is 0 Å². The van der Waals surface area contributed by atoms with Crippen LogP contribution in [0.2, 0.25) is 0 Å². The van der Waals surface area contributed by atoms with Crippen LogP contribution in [0.25, 0.3) is 0 Å². The number of hydrogen-bond donors (Lipinski definition) is 2. The van der Waals surface area contributed by atoms with E-state index >= 15 is 0 Å². The van der Waals surface area contributed by atoms with Crippen LogP contribution in [0.5, 0.6) is 0 Å². The summed E-state index contributed by atoms with van der Waals surface area (Å²) < 4.78 is 5.37. The van der Waals surface area contributed by atoms with Gasteiger partial charge < -0.3 is 15.4 Å². The van der Waals surface area contributed by atoms with Gasteiger partial charge in [0.15, 0.2) is 0 Å². The second-order valence-corrected chi connectivity index (χ2v) is 6.41. The Morgan fingerprint density at radius 2 is 1.87 bits per heavy atom. The van der Waals surface area contributed by atoms with E-state index in [-0.39, 0.29) is 11.8 Å². The Bertz CT molecular complexity index is 491. The van der Waals surface area contributed by atoms with Gasteiger partial charge in [0.2, 0.25) is 5.91 Å². The van der Waals surface area contributed by atoms with Crippen LogP contribution in [0.1, 0.15) is 18.4 Å². The number of anilines is 1. The molecule has 0 spiro atoms. The van der Waals surface area contributed by atoms with Crippen molar-refractivity contribution in [3.8, 4) is 0 Å². The van der Waals surface area contributed by atoms with Crippen LogP contribution >= 0.6 is 0 Å². The SMILES string of the molecule is O=C(Nc1ccc(CCN2CCOCC2)cc1)C1CCNCC1. The average Bonchev–Trinajstić information content (AvgIpc) is 2.63. The quantitative estimate of drug-likeness (QED) is 0.864. The summed E-state index contributed by atoms with van der Waals surface area (Å²) in [5, 5.41) is 6.34. The van der Waals surface area contributed by atoms with E-state index in [0.29, 0.717) is 0 Å². The van der Waals surface area contributed by atoms with Crippen molar-refractivity contribution in [3.05, 3.63) is 29.8 Å². The van der Waals surface area contributed by atoms with Crippen molar-refractivity contribution >= 4 is 11.6 Å². The predicted molar refractivity (Wildman–Crippen MR) is 91.6 cm³/mol. The fraction of sp³-hybridized carbons (Fsp3) is 0.611. The minimum absolute atomic E-state index is 0.150. The first-order chi connectivity index (χ1) is 11.3. The molecular weight excluding hydrogens is 290 g/mol. The third-order valence-electron chi connectivity index (χ3n) is 4.75. The summed E-state index contributed by atoms with van der Waals surface area (Å²) in [6.45, 7) is 6.72. The Morgan fingerprint density at radius 3 is 2.57 bits per heavy atom. The van der Waals surface area contributed by atoms with Gasteiger partial charge in [-0.3, -0.25) is 9.69 Å². The molecule has 0 aromatic heterocycles. The summed E-state index contributed by atoms with van der Waals surface area (Å²) in [5.74, 6) is 0.310. The van der Waals surface area contributed by atoms with Crippen LogP contribution in [0, 0.1) is 5.92 Å². The van der Waals surface area contributed by atoms with Crippen molar-refractivity contribution in [2.45, 2.75) is 19.3 Å². The van der Waals surface area contributed by atoms with Crippen LogP contribution in [0.3, 0.4) is 0 Å². The van der Waals surface area contributed by atoms with Gasteiger partial charge in [-0.25, -0.2) is 0 Å². The Hall–Kier alpha value is -1.43. The zero-order chi connectivity index (χ0) is 15.9. The van der Waals surface area contributed by atoms with Gasteiger partial charge in [-0.15, -0.1) is 0 Å². The lowest BCUT2D eigenvalue weighted by atomic mass is 9.97. The molecule has 0 unspecified atom stereocenters. The molecule has 2 aliphatic rings. The lowest BCUT2D eigenvalue weighted by Gasteiger charge is -2.26. The maximum atomic E-state index is 12.2. The van der Waals surface area contributed by atoms with Crippen molar-refractivity contribution in [1.82, 2.24) is 10.2 Å². The minimum Gasteiger partial charge on any atom is -0.379 e. The normalized spacial score (nSPS) is 20.3. The monoisotopic (exact) mass is 317 g/mol. The Morgan fingerprint density at radius 1 is 1.17 bits per heavy atom. The van der Waals surface area contributed by atoms with Crippen LogP contribution in [0.4, 0.5) is 5.69 Å². The number of hydrogen-bond acceptors (Lipinski definition) is 4. The molecule has 1 amide bonds. The Kier molecular flexibility index (Phi) is 6.02. The lowest BCUT2D eigenvalue weighted by Crippen LogP contribution is -2.37. The van der Waals surface area contributed by atoms with Crippen molar-refractivity contribution in [2.75, 3.05) is 51.3 Å². The standard InChI is InChI=1S/C18H27N3O2/c22-18(16-5-8-19-9-6-16)20-17-3-1-15(2-4-17)7-10-21-11-13-23-14-12-21/h1-4,16,19H,5-14H2,(H,20,22). The van der Waals surface area contributed by atoms with Crippen LogP contribution in [0.15, 0.2) is 24.3 Å². The molecule has 5 heteroatoms. The van der Waals surface area contributed by atoms with Gasteiger partial charge in [-0.1, -0.05) is 12.1 Å². The van der Waals surface area contributed by atoms with Crippen molar-refractivity contribution in [1.29, 1.82) is 0 Å². The summed E-state index contributed by atoms with van der Waals surface area (Å²) >= 11 is 0. The molecule has 126 valence electrons. The maximum Gasteiger partial charge on any atom is 0.227 e. The molecule has 0 atom stereocenters. The molecule has 2 heterocycles. The summed E-state index contributed by atoms with van der Waals surface area (Å²) in [6, 6.07) is 8.29. The van der Waals surface area contributed by atoms with Gasteiger partial charge in [0.05, 0.1) is 13.2 Å². The highest BCUT2D eigenvalue weighted by molar-refractivity contribution is 5.92. The van der Waals surface area contributed by atoms with Crippen LogP contribution in [-0.2, 0) is 16.0 Å². The third kappa shape index (κ3) is 5.03. The highest BCUT2D eigenvalue weighted by atomic mass is 16.5. The number of benzene rings is 1. The highest BCUT2D eigenvalue weighted by Gasteiger charge is 2.20. The molecule has 23 heavy (non-hydrogen) atoms. The molecule has 2 N–H and O–H groups in total. The van der Waals surface area contributed by atoms with E-state index in [0.717, 1.165) is 70.9 Å². The zero-order valence-electron chi connectivity index (χ0n) is 13.7.